The van der Waals surface area contributed by atoms with Gasteiger partial charge in [-0.25, -0.2) is 5.84 Å². The fraction of sp³-hybridized carbons (Fsp3) is 0.500. The van der Waals surface area contributed by atoms with Gasteiger partial charge in [-0.3, -0.25) is 5.01 Å². The minimum Gasteiger partial charge on any atom is -0.251 e. The van der Waals surface area contributed by atoms with E-state index in [1.54, 1.807) is 0 Å². The summed E-state index contributed by atoms with van der Waals surface area (Å²) < 4.78 is 19.3. The largest absolute Gasteiger partial charge is 0.251 e. The average molecular weight is 74.1 g/mol. The van der Waals surface area contributed by atoms with E-state index in [0.717, 1.165) is 0 Å². The van der Waals surface area contributed by atoms with Crippen LogP contribution in [0.4, 0.5) is 0 Å². The SMILES string of the molecule is [2H]C([2H])([2H])N(N)C#N. The lowest BCUT2D eigenvalue weighted by Gasteiger charge is -1.90. The summed E-state index contributed by atoms with van der Waals surface area (Å²) in [6.45, 7) is -2.49. The monoisotopic (exact) mass is 74.1 g/mol. The van der Waals surface area contributed by atoms with Crippen LogP contribution in [0.2, 0.25) is 0 Å². The van der Waals surface area contributed by atoms with Gasteiger partial charge in [0.2, 0.25) is 0 Å². The predicted molar refractivity (Wildman–Crippen MR) is 17.6 cm³/mol. The summed E-state index contributed by atoms with van der Waals surface area (Å²) in [6, 6.07) is 0. The van der Waals surface area contributed by atoms with Crippen LogP contribution in [0.3, 0.4) is 0 Å². The van der Waals surface area contributed by atoms with Crippen LogP contribution in [-0.4, -0.2) is 12.0 Å². The molecule has 0 atom stereocenters. The zero-order chi connectivity index (χ0) is 6.78. The van der Waals surface area contributed by atoms with Crippen molar-refractivity contribution >= 4 is 0 Å². The minimum absolute atomic E-state index is 0.118. The maximum absolute atomic E-state index is 7.86. The molecule has 3 nitrogen and oxygen atoms in total. The summed E-state index contributed by atoms with van der Waals surface area (Å²) in [7, 11) is 0. The van der Waals surface area contributed by atoms with E-state index in [1.165, 1.54) is 6.19 Å². The van der Waals surface area contributed by atoms with Crippen molar-refractivity contribution in [3.8, 4) is 6.19 Å². The second kappa shape index (κ2) is 1.56. The van der Waals surface area contributed by atoms with Crippen molar-refractivity contribution in [1.82, 2.24) is 5.01 Å². The van der Waals surface area contributed by atoms with Gasteiger partial charge in [0.25, 0.3) is 0 Å². The molecular weight excluding hydrogens is 66.0 g/mol. The molecule has 0 saturated heterocycles. The Bertz CT molecular complexity index is 111. The molecule has 0 aliphatic heterocycles. The lowest BCUT2D eigenvalue weighted by atomic mass is 11.2. The van der Waals surface area contributed by atoms with Crippen molar-refractivity contribution in [2.75, 3.05) is 6.98 Å². The van der Waals surface area contributed by atoms with E-state index < -0.39 is 6.98 Å². The highest BCUT2D eigenvalue weighted by molar-refractivity contribution is 4.58. The standard InChI is InChI=1S/C2H5N3/c1-5(4)2-3/h4H2,1H3/i1D3. The minimum atomic E-state index is -2.49. The number of hydrogen-bond acceptors (Lipinski definition) is 3. The van der Waals surface area contributed by atoms with Crippen LogP contribution in [0, 0.1) is 11.5 Å². The molecule has 0 aliphatic carbocycles. The van der Waals surface area contributed by atoms with Gasteiger partial charge in [-0.05, 0) is 0 Å². The van der Waals surface area contributed by atoms with Crippen molar-refractivity contribution in [2.24, 2.45) is 5.84 Å². The topological polar surface area (TPSA) is 53.0 Å². The summed E-state index contributed by atoms with van der Waals surface area (Å²) in [5, 5.41) is 7.98. The van der Waals surface area contributed by atoms with Crippen molar-refractivity contribution in [3.63, 3.8) is 0 Å². The van der Waals surface area contributed by atoms with Gasteiger partial charge in [0.05, 0.1) is 0 Å². The Morgan fingerprint density at radius 1 is 2.40 bits per heavy atom. The first-order chi connectivity index (χ1) is 3.48. The molecular formula is C2H5N3. The molecule has 0 saturated carbocycles. The van der Waals surface area contributed by atoms with E-state index in [9.17, 15) is 0 Å². The Hall–Kier alpha value is -0.750. The van der Waals surface area contributed by atoms with Gasteiger partial charge in [-0.2, -0.15) is 5.26 Å². The van der Waals surface area contributed by atoms with Gasteiger partial charge in [0, 0.05) is 11.1 Å². The van der Waals surface area contributed by atoms with Crippen LogP contribution in [0.15, 0.2) is 0 Å². The molecule has 0 aromatic carbocycles. The fourth-order valence-corrected chi connectivity index (χ4v) is 0. The Morgan fingerprint density at radius 2 is 3.00 bits per heavy atom. The van der Waals surface area contributed by atoms with E-state index >= 15 is 0 Å². The molecule has 0 heterocycles. The molecule has 0 amide bonds. The van der Waals surface area contributed by atoms with Crippen LogP contribution >= 0.6 is 0 Å². The maximum atomic E-state index is 7.86. The first-order valence-electron chi connectivity index (χ1n) is 2.43. The molecule has 0 fully saturated rings. The third-order valence-electron chi connectivity index (χ3n) is 0.108. The van der Waals surface area contributed by atoms with Crippen molar-refractivity contribution < 1.29 is 4.11 Å². The van der Waals surface area contributed by atoms with Crippen molar-refractivity contribution in [1.29, 1.82) is 5.26 Å². The summed E-state index contributed by atoms with van der Waals surface area (Å²) in [6.07, 6.45) is 1.25. The van der Waals surface area contributed by atoms with Gasteiger partial charge in [-0.1, -0.05) is 0 Å². The van der Waals surface area contributed by atoms with E-state index in [-0.39, 0.29) is 5.01 Å². The molecule has 0 aromatic rings. The fourth-order valence-electron chi connectivity index (χ4n) is 0. The first-order valence-corrected chi connectivity index (χ1v) is 0.929. The Labute approximate surface area is 34.8 Å². The van der Waals surface area contributed by atoms with Gasteiger partial charge in [0.1, 0.15) is 0 Å². The molecule has 0 aliphatic rings. The van der Waals surface area contributed by atoms with Crippen LogP contribution in [0.1, 0.15) is 4.11 Å². The number of nitriles is 1. The van der Waals surface area contributed by atoms with E-state index in [2.05, 4.69) is 5.84 Å². The number of hydrazine groups is 1. The molecule has 3 heteroatoms. The van der Waals surface area contributed by atoms with Crippen LogP contribution in [0.25, 0.3) is 0 Å². The maximum Gasteiger partial charge on any atom is 0.194 e. The Balaban J connectivity index is 3.87. The first kappa shape index (κ1) is 1.15. The average Bonchev–Trinajstić information content (AvgIpc) is 1.62. The van der Waals surface area contributed by atoms with E-state index in [4.69, 9.17) is 9.37 Å². The summed E-state index contributed by atoms with van der Waals surface area (Å²) in [4.78, 5) is 0. The second-order valence-electron chi connectivity index (χ2n) is 0.470. The highest BCUT2D eigenvalue weighted by Gasteiger charge is 1.67. The molecule has 5 heavy (non-hydrogen) atoms. The number of rotatable bonds is 0. The zero-order valence-electron chi connectivity index (χ0n) is 5.47. The predicted octanol–water partition coefficient (Wildman–Crippen LogP) is -0.727. The van der Waals surface area contributed by atoms with Crippen LogP contribution in [0.5, 0.6) is 0 Å². The third kappa shape index (κ3) is 3.25. The smallest absolute Gasteiger partial charge is 0.194 e. The Morgan fingerprint density at radius 3 is 3.00 bits per heavy atom. The van der Waals surface area contributed by atoms with Gasteiger partial charge in [-0.15, -0.1) is 0 Å². The molecule has 0 rings (SSSR count). The number of nitrogens with two attached hydrogens (primary N) is 1. The van der Waals surface area contributed by atoms with Crippen LogP contribution < -0.4 is 5.84 Å². The highest BCUT2D eigenvalue weighted by atomic mass is 15.4. The molecule has 0 unspecified atom stereocenters. The molecule has 0 aromatic heterocycles. The number of nitrogens with zero attached hydrogens (tertiary/aromatic N) is 2. The molecule has 28 valence electrons. The summed E-state index contributed by atoms with van der Waals surface area (Å²) in [5.41, 5.74) is 0. The lowest BCUT2D eigenvalue weighted by molar-refractivity contribution is 0.505. The van der Waals surface area contributed by atoms with Gasteiger partial charge < -0.3 is 0 Å². The molecule has 0 bridgehead atoms. The van der Waals surface area contributed by atoms with E-state index in [1.807, 2.05) is 0 Å². The zero-order valence-corrected chi connectivity index (χ0v) is 2.47. The molecule has 2 N–H and O–H groups in total. The van der Waals surface area contributed by atoms with Gasteiger partial charge >= 0.3 is 0 Å². The summed E-state index contributed by atoms with van der Waals surface area (Å²) in [5.74, 6) is 4.66. The third-order valence-corrected chi connectivity index (χ3v) is 0.108. The van der Waals surface area contributed by atoms with E-state index in [0.29, 0.717) is 0 Å². The van der Waals surface area contributed by atoms with Crippen LogP contribution in [-0.2, 0) is 0 Å². The quantitative estimate of drug-likeness (QED) is 0.178. The van der Waals surface area contributed by atoms with Gasteiger partial charge in [0.15, 0.2) is 6.19 Å². The highest BCUT2D eigenvalue weighted by Crippen LogP contribution is 1.48. The van der Waals surface area contributed by atoms with Crippen molar-refractivity contribution in [3.05, 3.63) is 0 Å². The normalized spacial score (nSPS) is 17.2. The Kier molecular flexibility index (Phi) is 0.358. The molecule has 0 spiro atoms. The van der Waals surface area contributed by atoms with Crippen molar-refractivity contribution in [2.45, 2.75) is 0 Å². The number of hydrogen-bond donors (Lipinski definition) is 1. The summed E-state index contributed by atoms with van der Waals surface area (Å²) >= 11 is 0. The molecule has 0 radical (unpaired) electrons. The lowest BCUT2D eigenvalue weighted by Crippen LogP contribution is -2.18. The second-order valence-corrected chi connectivity index (χ2v) is 0.470.